The molecule has 4 nitrogen and oxygen atoms in total. The van der Waals surface area contributed by atoms with Gasteiger partial charge in [0.15, 0.2) is 0 Å². The van der Waals surface area contributed by atoms with Gasteiger partial charge in [0.25, 0.3) is 5.91 Å². The van der Waals surface area contributed by atoms with Crippen molar-refractivity contribution in [2.45, 2.75) is 25.0 Å². The summed E-state index contributed by atoms with van der Waals surface area (Å²) in [4.78, 5) is 16.8. The van der Waals surface area contributed by atoms with Crippen LogP contribution in [0.4, 0.5) is 4.39 Å². The fraction of sp³-hybridized carbons (Fsp3) is 0.381. The molecule has 1 aliphatic heterocycles. The Morgan fingerprint density at radius 2 is 1.77 bits per heavy atom. The molecule has 26 heavy (non-hydrogen) atoms. The number of aliphatic hydroxyl groups excluding tert-OH is 1. The van der Waals surface area contributed by atoms with E-state index in [1.54, 1.807) is 0 Å². The number of halogens is 1. The molecule has 5 heteroatoms. The molecule has 0 radical (unpaired) electrons. The van der Waals surface area contributed by atoms with E-state index in [-0.39, 0.29) is 17.8 Å². The number of amides is 1. The van der Waals surface area contributed by atoms with Crippen molar-refractivity contribution in [1.82, 2.24) is 9.80 Å². The summed E-state index contributed by atoms with van der Waals surface area (Å²) in [6, 6.07) is 13.9. The van der Waals surface area contributed by atoms with Gasteiger partial charge in [-0.2, -0.15) is 0 Å². The van der Waals surface area contributed by atoms with Gasteiger partial charge in [0, 0.05) is 37.8 Å². The minimum absolute atomic E-state index is 0.0536. The van der Waals surface area contributed by atoms with Gasteiger partial charge in [0.05, 0.1) is 6.10 Å². The van der Waals surface area contributed by atoms with Crippen LogP contribution in [0.25, 0.3) is 0 Å². The van der Waals surface area contributed by atoms with Crippen LogP contribution in [0, 0.1) is 5.82 Å². The molecular weight excluding hydrogens is 331 g/mol. The van der Waals surface area contributed by atoms with Gasteiger partial charge < -0.3 is 10.0 Å². The summed E-state index contributed by atoms with van der Waals surface area (Å²) in [6.07, 6.45) is 1.25. The number of nitrogens with zero attached hydrogens (tertiary/aromatic N) is 2. The molecule has 1 amide bonds. The summed E-state index contributed by atoms with van der Waals surface area (Å²) in [5.41, 5.74) is 2.77. The smallest absolute Gasteiger partial charge is 0.253 e. The molecule has 1 N–H and O–H groups in total. The van der Waals surface area contributed by atoms with Crippen LogP contribution in [-0.4, -0.2) is 53.0 Å². The van der Waals surface area contributed by atoms with Crippen molar-refractivity contribution in [3.05, 3.63) is 71.0 Å². The highest BCUT2D eigenvalue weighted by Gasteiger charge is 2.35. The number of fused-ring (bicyclic) bond motifs is 1. The van der Waals surface area contributed by atoms with Gasteiger partial charge in [-0.3, -0.25) is 9.69 Å². The zero-order valence-electron chi connectivity index (χ0n) is 14.6. The molecule has 0 saturated carbocycles. The topological polar surface area (TPSA) is 43.8 Å². The summed E-state index contributed by atoms with van der Waals surface area (Å²) < 4.78 is 13.1. The first-order chi connectivity index (χ1) is 12.6. The first-order valence-corrected chi connectivity index (χ1v) is 9.18. The summed E-state index contributed by atoms with van der Waals surface area (Å²) in [5.74, 6) is -0.388. The van der Waals surface area contributed by atoms with E-state index in [1.165, 1.54) is 29.8 Å². The van der Waals surface area contributed by atoms with Crippen LogP contribution in [-0.2, 0) is 6.42 Å². The molecule has 2 atom stereocenters. The minimum Gasteiger partial charge on any atom is -0.387 e. The second kappa shape index (κ2) is 7.17. The molecule has 2 aromatic rings. The van der Waals surface area contributed by atoms with E-state index in [4.69, 9.17) is 0 Å². The molecule has 136 valence electrons. The third kappa shape index (κ3) is 3.24. The van der Waals surface area contributed by atoms with Gasteiger partial charge >= 0.3 is 0 Å². The van der Waals surface area contributed by atoms with Gasteiger partial charge in [-0.15, -0.1) is 0 Å². The van der Waals surface area contributed by atoms with Crippen molar-refractivity contribution < 1.29 is 14.3 Å². The Balaban J connectivity index is 1.43. The third-order valence-electron chi connectivity index (χ3n) is 5.55. The van der Waals surface area contributed by atoms with E-state index >= 15 is 0 Å². The third-order valence-corrected chi connectivity index (χ3v) is 5.55. The van der Waals surface area contributed by atoms with Crippen molar-refractivity contribution in [1.29, 1.82) is 0 Å². The number of carbonyl (C=O) groups is 1. The molecule has 1 fully saturated rings. The van der Waals surface area contributed by atoms with E-state index in [0.717, 1.165) is 31.5 Å². The Labute approximate surface area is 152 Å². The highest BCUT2D eigenvalue weighted by Crippen LogP contribution is 2.34. The molecule has 2 aromatic carbocycles. The zero-order chi connectivity index (χ0) is 18.1. The number of hydrogen-bond acceptors (Lipinski definition) is 3. The van der Waals surface area contributed by atoms with Gasteiger partial charge in [0.1, 0.15) is 5.82 Å². The molecule has 1 aliphatic carbocycles. The normalized spacial score (nSPS) is 23.5. The second-order valence-electron chi connectivity index (χ2n) is 7.10. The highest BCUT2D eigenvalue weighted by atomic mass is 19.1. The molecule has 1 heterocycles. The molecular formula is C21H23FN2O2. The van der Waals surface area contributed by atoms with E-state index in [2.05, 4.69) is 11.0 Å². The standard InChI is InChI=1S/C21H23FN2O2/c22-17-8-6-15(7-9-17)21(26)24-11-3-10-23(12-13-24)19-14-16-4-1-2-5-18(16)20(19)25/h1-2,4-9,19-20,25H,3,10-14H2/t19-,20+/m1/s1. The van der Waals surface area contributed by atoms with Crippen LogP contribution >= 0.6 is 0 Å². The fourth-order valence-corrected chi connectivity index (χ4v) is 4.13. The SMILES string of the molecule is O=C(c1ccc(F)cc1)N1CCCN([C@@H]2Cc3ccccc3[C@@H]2O)CC1. The lowest BCUT2D eigenvalue weighted by Crippen LogP contribution is -2.41. The average Bonchev–Trinajstić information content (AvgIpc) is 2.84. The largest absolute Gasteiger partial charge is 0.387 e. The molecule has 4 rings (SSSR count). The van der Waals surface area contributed by atoms with Crippen LogP contribution in [0.3, 0.4) is 0 Å². The van der Waals surface area contributed by atoms with Crippen molar-refractivity contribution in [3.8, 4) is 0 Å². The Morgan fingerprint density at radius 3 is 2.54 bits per heavy atom. The maximum Gasteiger partial charge on any atom is 0.253 e. The average molecular weight is 354 g/mol. The maximum atomic E-state index is 13.1. The Morgan fingerprint density at radius 1 is 1.00 bits per heavy atom. The van der Waals surface area contributed by atoms with Crippen molar-refractivity contribution in [2.24, 2.45) is 0 Å². The first-order valence-electron chi connectivity index (χ1n) is 9.18. The Bertz CT molecular complexity index is 793. The monoisotopic (exact) mass is 354 g/mol. The van der Waals surface area contributed by atoms with Crippen LogP contribution in [0.15, 0.2) is 48.5 Å². The summed E-state index contributed by atoms with van der Waals surface area (Å²) in [5, 5.41) is 10.7. The quantitative estimate of drug-likeness (QED) is 0.902. The fourth-order valence-electron chi connectivity index (χ4n) is 4.13. The summed E-state index contributed by atoms with van der Waals surface area (Å²) in [6.45, 7) is 2.91. The number of benzene rings is 2. The van der Waals surface area contributed by atoms with Crippen LogP contribution in [0.2, 0.25) is 0 Å². The number of hydrogen-bond donors (Lipinski definition) is 1. The number of carbonyl (C=O) groups excluding carboxylic acids is 1. The van der Waals surface area contributed by atoms with E-state index in [0.29, 0.717) is 18.7 Å². The molecule has 2 aliphatic rings. The van der Waals surface area contributed by atoms with Gasteiger partial charge in [-0.05, 0) is 48.2 Å². The van der Waals surface area contributed by atoms with Crippen LogP contribution in [0.1, 0.15) is 34.0 Å². The van der Waals surface area contributed by atoms with Crippen LogP contribution < -0.4 is 0 Å². The van der Waals surface area contributed by atoms with Crippen molar-refractivity contribution in [3.63, 3.8) is 0 Å². The predicted molar refractivity (Wildman–Crippen MR) is 97.4 cm³/mol. The molecule has 0 spiro atoms. The molecule has 0 bridgehead atoms. The highest BCUT2D eigenvalue weighted by molar-refractivity contribution is 5.94. The Kier molecular flexibility index (Phi) is 4.74. The first kappa shape index (κ1) is 17.2. The Hall–Kier alpha value is -2.24. The van der Waals surface area contributed by atoms with E-state index in [1.807, 2.05) is 23.1 Å². The van der Waals surface area contributed by atoms with Gasteiger partial charge in [-0.1, -0.05) is 24.3 Å². The lowest BCUT2D eigenvalue weighted by molar-refractivity contribution is 0.0605. The van der Waals surface area contributed by atoms with Crippen molar-refractivity contribution in [2.75, 3.05) is 26.2 Å². The van der Waals surface area contributed by atoms with E-state index < -0.39 is 6.10 Å². The number of aliphatic hydroxyl groups is 1. The second-order valence-corrected chi connectivity index (χ2v) is 7.10. The molecule has 0 aromatic heterocycles. The van der Waals surface area contributed by atoms with Crippen LogP contribution in [0.5, 0.6) is 0 Å². The lowest BCUT2D eigenvalue weighted by atomic mass is 10.1. The summed E-state index contributed by atoms with van der Waals surface area (Å²) in [7, 11) is 0. The predicted octanol–water partition coefficient (Wildman–Crippen LogP) is 2.63. The minimum atomic E-state index is -0.467. The van der Waals surface area contributed by atoms with Gasteiger partial charge in [-0.25, -0.2) is 4.39 Å². The summed E-state index contributed by atoms with van der Waals surface area (Å²) >= 11 is 0. The lowest BCUT2D eigenvalue weighted by Gasteiger charge is -2.30. The van der Waals surface area contributed by atoms with Crippen molar-refractivity contribution >= 4 is 5.91 Å². The molecule has 0 unspecified atom stereocenters. The molecule has 1 saturated heterocycles. The zero-order valence-corrected chi connectivity index (χ0v) is 14.6. The van der Waals surface area contributed by atoms with E-state index in [9.17, 15) is 14.3 Å². The number of rotatable bonds is 2. The maximum absolute atomic E-state index is 13.1. The van der Waals surface area contributed by atoms with Gasteiger partial charge in [0.2, 0.25) is 0 Å².